The van der Waals surface area contributed by atoms with E-state index >= 15 is 0 Å². The van der Waals surface area contributed by atoms with Crippen molar-refractivity contribution in [2.24, 2.45) is 0 Å². The number of nitrogens with zero attached hydrogens (tertiary/aromatic N) is 3. The molecule has 3 rings (SSSR count). The summed E-state index contributed by atoms with van der Waals surface area (Å²) in [5, 5.41) is 1.51. The Kier molecular flexibility index (Phi) is 9.44. The van der Waals surface area contributed by atoms with Crippen LogP contribution in [0.4, 0.5) is 5.13 Å². The van der Waals surface area contributed by atoms with Crippen molar-refractivity contribution in [1.29, 1.82) is 0 Å². The zero-order valence-corrected chi connectivity index (χ0v) is 20.9. The van der Waals surface area contributed by atoms with E-state index in [1.54, 1.807) is 23.1 Å². The zero-order valence-electron chi connectivity index (χ0n) is 17.6. The first-order chi connectivity index (χ1) is 13.8. The number of benzene rings is 2. The number of amides is 1. The minimum Gasteiger partial charge on any atom is -0.308 e. The van der Waals surface area contributed by atoms with E-state index in [0.29, 0.717) is 13.0 Å². The number of likely N-dealkylation sites (N-methyl/N-ethyl adjacent to an activating group) is 1. The molecule has 0 aliphatic heterocycles. The molecule has 3 aromatic rings. The maximum Gasteiger partial charge on any atom is 0.229 e. The van der Waals surface area contributed by atoms with Gasteiger partial charge in [0, 0.05) is 35.2 Å². The molecular weight excluding hydrogens is 457 g/mol. The molecule has 0 atom stereocenters. The molecule has 1 aromatic heterocycles. The normalized spacial score (nSPS) is 11.0. The van der Waals surface area contributed by atoms with Gasteiger partial charge in [0.25, 0.3) is 0 Å². The van der Waals surface area contributed by atoms with Gasteiger partial charge in [0.2, 0.25) is 5.91 Å². The number of aromatic nitrogens is 1. The molecule has 0 spiro atoms. The Morgan fingerprint density at radius 2 is 1.83 bits per heavy atom. The van der Waals surface area contributed by atoms with E-state index in [2.05, 4.69) is 30.9 Å². The second-order valence-electron chi connectivity index (χ2n) is 7.33. The molecule has 0 aliphatic rings. The SMILES string of the molecule is Cc1cc(C)c2sc(N(CCN(C)C)C(=O)CCSc3ccc(Cl)cc3)nc2c1.Cl. The van der Waals surface area contributed by atoms with Gasteiger partial charge >= 0.3 is 0 Å². The highest BCUT2D eigenvalue weighted by molar-refractivity contribution is 7.99. The third-order valence-corrected chi connectivity index (χ3v) is 7.01. The predicted molar refractivity (Wildman–Crippen MR) is 134 cm³/mol. The van der Waals surface area contributed by atoms with Crippen LogP contribution >= 0.6 is 47.1 Å². The van der Waals surface area contributed by atoms with E-state index in [9.17, 15) is 4.79 Å². The summed E-state index contributed by atoms with van der Waals surface area (Å²) in [7, 11) is 4.04. The molecule has 0 radical (unpaired) electrons. The van der Waals surface area contributed by atoms with E-state index in [-0.39, 0.29) is 18.3 Å². The molecule has 0 fully saturated rings. The van der Waals surface area contributed by atoms with Crippen LogP contribution in [0.25, 0.3) is 10.2 Å². The van der Waals surface area contributed by atoms with Crippen molar-refractivity contribution in [1.82, 2.24) is 9.88 Å². The van der Waals surface area contributed by atoms with E-state index in [1.165, 1.54) is 11.1 Å². The fourth-order valence-corrected chi connectivity index (χ4v) is 5.06. The van der Waals surface area contributed by atoms with Crippen LogP contribution < -0.4 is 4.90 Å². The number of rotatable bonds is 8. The van der Waals surface area contributed by atoms with Crippen molar-refractivity contribution in [2.75, 3.05) is 37.8 Å². The first-order valence-corrected chi connectivity index (χ1v) is 11.7. The molecule has 0 bridgehead atoms. The van der Waals surface area contributed by atoms with Crippen LogP contribution in [-0.2, 0) is 4.79 Å². The van der Waals surface area contributed by atoms with Gasteiger partial charge in [-0.1, -0.05) is 29.0 Å². The first-order valence-electron chi connectivity index (χ1n) is 9.55. The number of aryl methyl sites for hydroxylation is 2. The maximum absolute atomic E-state index is 13.1. The number of fused-ring (bicyclic) bond motifs is 1. The third-order valence-electron chi connectivity index (χ3n) is 4.51. The summed E-state index contributed by atoms with van der Waals surface area (Å²) in [6.45, 7) is 5.61. The molecule has 1 heterocycles. The summed E-state index contributed by atoms with van der Waals surface area (Å²) in [6, 6.07) is 12.0. The summed E-state index contributed by atoms with van der Waals surface area (Å²) >= 11 is 9.22. The van der Waals surface area contributed by atoms with Crippen LogP contribution in [0, 0.1) is 13.8 Å². The fraction of sp³-hybridized carbons (Fsp3) is 0.364. The van der Waals surface area contributed by atoms with Crippen molar-refractivity contribution in [3.8, 4) is 0 Å². The van der Waals surface area contributed by atoms with Gasteiger partial charge in [0.15, 0.2) is 5.13 Å². The number of hydrogen-bond acceptors (Lipinski definition) is 5. The van der Waals surface area contributed by atoms with Gasteiger partial charge in [0.1, 0.15) is 0 Å². The van der Waals surface area contributed by atoms with Crippen LogP contribution in [-0.4, -0.2) is 48.7 Å². The first kappa shape index (κ1) is 25.0. The average Bonchev–Trinajstić information content (AvgIpc) is 3.07. The minimum absolute atomic E-state index is 0. The standard InChI is InChI=1S/C22H26ClN3OS2.ClH/c1-15-13-16(2)21-19(14-15)24-22(29-21)26(11-10-25(3)4)20(27)9-12-28-18-7-5-17(23)6-8-18;/h5-8,13-14H,9-12H2,1-4H3;1H. The highest BCUT2D eigenvalue weighted by atomic mass is 35.5. The van der Waals surface area contributed by atoms with Crippen molar-refractivity contribution < 1.29 is 4.79 Å². The third kappa shape index (κ3) is 6.59. The van der Waals surface area contributed by atoms with Crippen LogP contribution in [0.3, 0.4) is 0 Å². The van der Waals surface area contributed by atoms with Gasteiger partial charge in [-0.25, -0.2) is 4.98 Å². The topological polar surface area (TPSA) is 36.4 Å². The molecule has 1 amide bonds. The second-order valence-corrected chi connectivity index (χ2v) is 9.91. The molecule has 162 valence electrons. The highest BCUT2D eigenvalue weighted by Gasteiger charge is 2.20. The van der Waals surface area contributed by atoms with Gasteiger partial charge < -0.3 is 4.90 Å². The molecular formula is C22H27Cl2N3OS2. The monoisotopic (exact) mass is 483 g/mol. The Morgan fingerprint density at radius 1 is 1.13 bits per heavy atom. The molecule has 30 heavy (non-hydrogen) atoms. The summed E-state index contributed by atoms with van der Waals surface area (Å²) in [5.41, 5.74) is 3.38. The van der Waals surface area contributed by atoms with E-state index in [0.717, 1.165) is 37.6 Å². The lowest BCUT2D eigenvalue weighted by atomic mass is 10.1. The Bertz CT molecular complexity index is 990. The Labute approximate surface area is 198 Å². The van der Waals surface area contributed by atoms with E-state index < -0.39 is 0 Å². The molecule has 4 nitrogen and oxygen atoms in total. The fourth-order valence-electron chi connectivity index (χ4n) is 3.03. The van der Waals surface area contributed by atoms with Crippen LogP contribution in [0.2, 0.25) is 5.02 Å². The Hall–Kier alpha value is -1.31. The summed E-state index contributed by atoms with van der Waals surface area (Å²) in [5.74, 6) is 0.837. The van der Waals surface area contributed by atoms with Crippen molar-refractivity contribution in [2.45, 2.75) is 25.2 Å². The Morgan fingerprint density at radius 3 is 2.50 bits per heavy atom. The molecule has 0 saturated carbocycles. The lowest BCUT2D eigenvalue weighted by Crippen LogP contribution is -2.36. The van der Waals surface area contributed by atoms with Gasteiger partial charge in [0.05, 0.1) is 10.2 Å². The molecule has 8 heteroatoms. The zero-order chi connectivity index (χ0) is 21.0. The number of thioether (sulfide) groups is 1. The summed E-state index contributed by atoms with van der Waals surface area (Å²) < 4.78 is 1.16. The number of carbonyl (C=O) groups is 1. The van der Waals surface area contributed by atoms with Crippen LogP contribution in [0.15, 0.2) is 41.3 Å². The molecule has 0 saturated heterocycles. The second kappa shape index (κ2) is 11.3. The largest absolute Gasteiger partial charge is 0.308 e. The van der Waals surface area contributed by atoms with Crippen LogP contribution in [0.5, 0.6) is 0 Å². The molecule has 0 unspecified atom stereocenters. The number of hydrogen-bond donors (Lipinski definition) is 0. The van der Waals surface area contributed by atoms with E-state index in [1.807, 2.05) is 43.3 Å². The number of thiazole rings is 1. The summed E-state index contributed by atoms with van der Waals surface area (Å²) in [6.07, 6.45) is 0.467. The highest BCUT2D eigenvalue weighted by Crippen LogP contribution is 2.32. The van der Waals surface area contributed by atoms with Crippen molar-refractivity contribution in [3.63, 3.8) is 0 Å². The van der Waals surface area contributed by atoms with Crippen molar-refractivity contribution >= 4 is 68.4 Å². The molecule has 0 N–H and O–H groups in total. The predicted octanol–water partition coefficient (Wildman–Crippen LogP) is 6.07. The lowest BCUT2D eigenvalue weighted by molar-refractivity contribution is -0.118. The average molecular weight is 485 g/mol. The van der Waals surface area contributed by atoms with Crippen LogP contribution in [0.1, 0.15) is 17.5 Å². The van der Waals surface area contributed by atoms with Gasteiger partial charge in [-0.05, 0) is 69.4 Å². The summed E-state index contributed by atoms with van der Waals surface area (Å²) in [4.78, 5) is 22.9. The van der Waals surface area contributed by atoms with Gasteiger partial charge in [-0.3, -0.25) is 9.69 Å². The quantitative estimate of drug-likeness (QED) is 0.364. The number of anilines is 1. The minimum atomic E-state index is 0. The van der Waals surface area contributed by atoms with Gasteiger partial charge in [-0.15, -0.1) is 24.2 Å². The van der Waals surface area contributed by atoms with E-state index in [4.69, 9.17) is 16.6 Å². The smallest absolute Gasteiger partial charge is 0.229 e. The number of halogens is 2. The maximum atomic E-state index is 13.1. The number of carbonyl (C=O) groups excluding carboxylic acids is 1. The molecule has 0 aliphatic carbocycles. The van der Waals surface area contributed by atoms with Crippen molar-refractivity contribution in [3.05, 3.63) is 52.5 Å². The van der Waals surface area contributed by atoms with Gasteiger partial charge in [-0.2, -0.15) is 0 Å². The lowest BCUT2D eigenvalue weighted by Gasteiger charge is -2.22. The Balaban J connectivity index is 0.00000320. The molecule has 2 aromatic carbocycles.